The average molecular weight is 335 g/mol. The van der Waals surface area contributed by atoms with Crippen LogP contribution in [0.5, 0.6) is 0 Å². The Morgan fingerprint density at radius 1 is 1.21 bits per heavy atom. The molecule has 0 bridgehead atoms. The van der Waals surface area contributed by atoms with E-state index < -0.39 is 23.2 Å². The molecule has 0 unspecified atom stereocenters. The lowest BCUT2D eigenvalue weighted by Crippen LogP contribution is -2.28. The standard InChI is InChI=1S/C17H16F3N3O/c18-17(19,20)14-8-15(23-12-4-2-1-3-5-12)21-10-13(14)16(24)22-9-11-6-7-11/h1-5,8,10-11H,6-7,9H2,(H,21,23)(H,22,24). The molecule has 3 rings (SSSR count). The molecule has 24 heavy (non-hydrogen) atoms. The number of carbonyl (C=O) groups excluding carboxylic acids is 1. The van der Waals surface area contributed by atoms with Crippen LogP contribution in [0.15, 0.2) is 42.6 Å². The molecule has 1 amide bonds. The molecule has 126 valence electrons. The maximum atomic E-state index is 13.3. The van der Waals surface area contributed by atoms with Crippen LogP contribution in [0.4, 0.5) is 24.7 Å². The van der Waals surface area contributed by atoms with Crippen molar-refractivity contribution >= 4 is 17.4 Å². The van der Waals surface area contributed by atoms with Crippen molar-refractivity contribution < 1.29 is 18.0 Å². The number of halogens is 3. The minimum absolute atomic E-state index is 0.0345. The molecule has 0 spiro atoms. The molecule has 1 aliphatic rings. The van der Waals surface area contributed by atoms with E-state index in [1.807, 2.05) is 0 Å². The third-order valence-corrected chi connectivity index (χ3v) is 3.75. The predicted molar refractivity (Wildman–Crippen MR) is 84.0 cm³/mol. The molecule has 0 atom stereocenters. The Hall–Kier alpha value is -2.57. The van der Waals surface area contributed by atoms with E-state index in [-0.39, 0.29) is 5.82 Å². The average Bonchev–Trinajstić information content (AvgIpc) is 3.37. The first-order valence-electron chi connectivity index (χ1n) is 7.61. The Balaban J connectivity index is 1.84. The van der Waals surface area contributed by atoms with Gasteiger partial charge in [-0.2, -0.15) is 13.2 Å². The number of hydrogen-bond acceptors (Lipinski definition) is 3. The van der Waals surface area contributed by atoms with E-state index in [0.29, 0.717) is 18.2 Å². The molecule has 0 saturated heterocycles. The lowest BCUT2D eigenvalue weighted by molar-refractivity contribution is -0.137. The number of para-hydroxylation sites is 1. The highest BCUT2D eigenvalue weighted by atomic mass is 19.4. The summed E-state index contributed by atoms with van der Waals surface area (Å²) in [6, 6.07) is 9.60. The Morgan fingerprint density at radius 3 is 2.54 bits per heavy atom. The van der Waals surface area contributed by atoms with Crippen molar-refractivity contribution in [3.63, 3.8) is 0 Å². The van der Waals surface area contributed by atoms with Crippen molar-refractivity contribution in [2.45, 2.75) is 19.0 Å². The van der Waals surface area contributed by atoms with Gasteiger partial charge in [-0.3, -0.25) is 4.79 Å². The zero-order chi connectivity index (χ0) is 17.2. The van der Waals surface area contributed by atoms with Gasteiger partial charge in [-0.05, 0) is 37.0 Å². The summed E-state index contributed by atoms with van der Waals surface area (Å²) in [7, 11) is 0. The lowest BCUT2D eigenvalue weighted by Gasteiger charge is -2.14. The second-order valence-electron chi connectivity index (χ2n) is 5.76. The summed E-state index contributed by atoms with van der Waals surface area (Å²) in [5.74, 6) is -0.324. The zero-order valence-electron chi connectivity index (χ0n) is 12.7. The summed E-state index contributed by atoms with van der Waals surface area (Å²) in [5.41, 5.74) is -0.838. The molecule has 1 heterocycles. The van der Waals surface area contributed by atoms with Gasteiger partial charge in [0.05, 0.1) is 11.1 Å². The van der Waals surface area contributed by atoms with Gasteiger partial charge in [-0.1, -0.05) is 18.2 Å². The molecule has 2 aromatic rings. The first-order valence-corrected chi connectivity index (χ1v) is 7.61. The summed E-state index contributed by atoms with van der Waals surface area (Å²) >= 11 is 0. The SMILES string of the molecule is O=C(NCC1CC1)c1cnc(Nc2ccccc2)cc1C(F)(F)F. The van der Waals surface area contributed by atoms with Crippen LogP contribution >= 0.6 is 0 Å². The second-order valence-corrected chi connectivity index (χ2v) is 5.76. The molecule has 1 aromatic heterocycles. The van der Waals surface area contributed by atoms with Gasteiger partial charge < -0.3 is 10.6 Å². The van der Waals surface area contributed by atoms with Crippen LogP contribution in [-0.2, 0) is 6.18 Å². The number of benzene rings is 1. The van der Waals surface area contributed by atoms with Gasteiger partial charge in [0.1, 0.15) is 5.82 Å². The number of carbonyl (C=O) groups is 1. The van der Waals surface area contributed by atoms with Gasteiger partial charge in [0.25, 0.3) is 5.91 Å². The Kier molecular flexibility index (Phi) is 4.42. The number of alkyl halides is 3. The van der Waals surface area contributed by atoms with Crippen molar-refractivity contribution in [3.05, 3.63) is 53.7 Å². The van der Waals surface area contributed by atoms with Crippen molar-refractivity contribution in [3.8, 4) is 0 Å². The monoisotopic (exact) mass is 335 g/mol. The molecular weight excluding hydrogens is 319 g/mol. The Bertz CT molecular complexity index is 728. The lowest BCUT2D eigenvalue weighted by atomic mass is 10.1. The summed E-state index contributed by atoms with van der Waals surface area (Å²) in [6.07, 6.45) is -1.66. The van der Waals surface area contributed by atoms with Crippen molar-refractivity contribution in [1.82, 2.24) is 10.3 Å². The number of anilines is 2. The maximum Gasteiger partial charge on any atom is 0.417 e. The summed E-state index contributed by atoms with van der Waals surface area (Å²) < 4.78 is 39.9. The highest BCUT2D eigenvalue weighted by Crippen LogP contribution is 2.34. The molecule has 0 aliphatic heterocycles. The minimum atomic E-state index is -4.64. The van der Waals surface area contributed by atoms with Crippen LogP contribution in [-0.4, -0.2) is 17.4 Å². The molecule has 1 fully saturated rings. The van der Waals surface area contributed by atoms with Gasteiger partial charge in [0.2, 0.25) is 0 Å². The fourth-order valence-electron chi connectivity index (χ4n) is 2.26. The van der Waals surface area contributed by atoms with Gasteiger partial charge in [0.15, 0.2) is 0 Å². The molecule has 0 radical (unpaired) electrons. The third-order valence-electron chi connectivity index (χ3n) is 3.75. The number of amides is 1. The summed E-state index contributed by atoms with van der Waals surface area (Å²) in [4.78, 5) is 16.0. The first-order chi connectivity index (χ1) is 11.4. The number of hydrogen-bond donors (Lipinski definition) is 2. The van der Waals surface area contributed by atoms with Crippen LogP contribution in [0.3, 0.4) is 0 Å². The number of nitrogens with one attached hydrogen (secondary N) is 2. The summed E-state index contributed by atoms with van der Waals surface area (Å²) in [5, 5.41) is 5.34. The van der Waals surface area contributed by atoms with Crippen molar-refractivity contribution in [2.75, 3.05) is 11.9 Å². The highest BCUT2D eigenvalue weighted by Gasteiger charge is 2.36. The number of aromatic nitrogens is 1. The number of nitrogens with zero attached hydrogens (tertiary/aromatic N) is 1. The smallest absolute Gasteiger partial charge is 0.352 e. The molecule has 2 N–H and O–H groups in total. The van der Waals surface area contributed by atoms with E-state index in [1.54, 1.807) is 30.3 Å². The third kappa shape index (κ3) is 4.04. The van der Waals surface area contributed by atoms with Crippen LogP contribution in [0.25, 0.3) is 0 Å². The van der Waals surface area contributed by atoms with E-state index in [0.717, 1.165) is 25.1 Å². The van der Waals surface area contributed by atoms with E-state index in [9.17, 15) is 18.0 Å². The van der Waals surface area contributed by atoms with Crippen LogP contribution in [0, 0.1) is 5.92 Å². The fraction of sp³-hybridized carbons (Fsp3) is 0.294. The molecular formula is C17H16F3N3O. The van der Waals surface area contributed by atoms with Gasteiger partial charge in [0, 0.05) is 18.4 Å². The molecule has 7 heteroatoms. The topological polar surface area (TPSA) is 54.0 Å². The number of rotatable bonds is 5. The van der Waals surface area contributed by atoms with E-state index in [2.05, 4.69) is 15.6 Å². The quantitative estimate of drug-likeness (QED) is 0.869. The Labute approximate surface area is 137 Å². The van der Waals surface area contributed by atoms with E-state index in [1.165, 1.54) is 0 Å². The van der Waals surface area contributed by atoms with Crippen molar-refractivity contribution in [2.24, 2.45) is 5.92 Å². The zero-order valence-corrected chi connectivity index (χ0v) is 12.7. The molecule has 1 saturated carbocycles. The van der Waals surface area contributed by atoms with Crippen molar-refractivity contribution in [1.29, 1.82) is 0 Å². The second kappa shape index (κ2) is 6.51. The molecule has 1 aromatic carbocycles. The fourth-order valence-corrected chi connectivity index (χ4v) is 2.26. The molecule has 1 aliphatic carbocycles. The maximum absolute atomic E-state index is 13.3. The largest absolute Gasteiger partial charge is 0.417 e. The van der Waals surface area contributed by atoms with Gasteiger partial charge in [-0.15, -0.1) is 0 Å². The van der Waals surface area contributed by atoms with Crippen LogP contribution in [0.2, 0.25) is 0 Å². The van der Waals surface area contributed by atoms with Gasteiger partial charge in [-0.25, -0.2) is 4.98 Å². The van der Waals surface area contributed by atoms with E-state index >= 15 is 0 Å². The Morgan fingerprint density at radius 2 is 1.92 bits per heavy atom. The number of pyridine rings is 1. The van der Waals surface area contributed by atoms with Crippen LogP contribution < -0.4 is 10.6 Å². The highest BCUT2D eigenvalue weighted by molar-refractivity contribution is 5.96. The predicted octanol–water partition coefficient (Wildman–Crippen LogP) is 3.98. The summed E-state index contributed by atoms with van der Waals surface area (Å²) in [6.45, 7) is 0.403. The van der Waals surface area contributed by atoms with Gasteiger partial charge >= 0.3 is 6.18 Å². The first kappa shape index (κ1) is 16.3. The molecule has 4 nitrogen and oxygen atoms in total. The minimum Gasteiger partial charge on any atom is -0.352 e. The normalized spacial score (nSPS) is 14.3. The van der Waals surface area contributed by atoms with Crippen LogP contribution in [0.1, 0.15) is 28.8 Å². The van der Waals surface area contributed by atoms with E-state index in [4.69, 9.17) is 0 Å².